The largest absolute Gasteiger partial charge is 0.313 e. The first kappa shape index (κ1) is 12.1. The van der Waals surface area contributed by atoms with Crippen molar-refractivity contribution >= 4 is 16.5 Å². The van der Waals surface area contributed by atoms with Gasteiger partial charge in [-0.1, -0.05) is 0 Å². The molecule has 0 radical (unpaired) electrons. The summed E-state index contributed by atoms with van der Waals surface area (Å²) in [6.07, 6.45) is 3.46. The third-order valence-electron chi connectivity index (χ3n) is 2.68. The molecule has 2 rings (SSSR count). The molecule has 17 heavy (non-hydrogen) atoms. The molecule has 1 saturated heterocycles. The zero-order chi connectivity index (χ0) is 12.3. The highest BCUT2D eigenvalue weighted by atomic mass is 32.2. The number of nitrogens with zero attached hydrogens (tertiary/aromatic N) is 2. The van der Waals surface area contributed by atoms with Crippen LogP contribution >= 0.6 is 0 Å². The minimum atomic E-state index is -1.42. The molecule has 0 bridgehead atoms. The Morgan fingerprint density at radius 2 is 2.47 bits per heavy atom. The molecule has 1 aromatic heterocycles. The van der Waals surface area contributed by atoms with E-state index in [0.717, 1.165) is 19.4 Å². The van der Waals surface area contributed by atoms with Crippen LogP contribution < -0.4 is 5.32 Å². The van der Waals surface area contributed by atoms with Gasteiger partial charge in [-0.2, -0.15) is 0 Å². The molecule has 0 unspecified atom stereocenters. The van der Waals surface area contributed by atoms with Crippen molar-refractivity contribution in [1.29, 1.82) is 0 Å². The fourth-order valence-electron chi connectivity index (χ4n) is 1.86. The molecule has 6 nitrogen and oxygen atoms in total. The van der Waals surface area contributed by atoms with Crippen molar-refractivity contribution in [3.8, 4) is 0 Å². The van der Waals surface area contributed by atoms with Crippen molar-refractivity contribution < 1.29 is 9.13 Å². The van der Waals surface area contributed by atoms with Gasteiger partial charge in [-0.3, -0.25) is 14.3 Å². The number of hydrogen-bond donors (Lipinski definition) is 1. The molecule has 92 valence electrons. The highest BCUT2D eigenvalue weighted by molar-refractivity contribution is 7.85. The van der Waals surface area contributed by atoms with E-state index >= 15 is 0 Å². The van der Waals surface area contributed by atoms with Gasteiger partial charge in [0.05, 0.1) is 15.7 Å². The zero-order valence-electron chi connectivity index (χ0n) is 9.17. The van der Waals surface area contributed by atoms with Gasteiger partial charge in [0.2, 0.25) is 5.03 Å². The molecular weight excluding hydrogens is 242 g/mol. The third kappa shape index (κ3) is 2.86. The van der Waals surface area contributed by atoms with E-state index in [1.54, 1.807) is 0 Å². The van der Waals surface area contributed by atoms with Crippen molar-refractivity contribution in [3.63, 3.8) is 0 Å². The first-order chi connectivity index (χ1) is 8.18. The number of rotatable bonds is 4. The number of aromatic nitrogens is 1. The van der Waals surface area contributed by atoms with Gasteiger partial charge in [-0.15, -0.1) is 0 Å². The van der Waals surface area contributed by atoms with Gasteiger partial charge in [0.25, 0.3) is 0 Å². The van der Waals surface area contributed by atoms with Gasteiger partial charge in [0.1, 0.15) is 0 Å². The fraction of sp³-hybridized carbons (Fsp3) is 0.500. The molecule has 7 heteroatoms. The second kappa shape index (κ2) is 5.33. The van der Waals surface area contributed by atoms with Gasteiger partial charge < -0.3 is 5.32 Å². The van der Waals surface area contributed by atoms with Gasteiger partial charge in [-0.25, -0.2) is 4.98 Å². The monoisotopic (exact) mass is 255 g/mol. The molecular formula is C10H13N3O3S. The summed E-state index contributed by atoms with van der Waals surface area (Å²) in [6, 6.07) is 2.99. The Balaban J connectivity index is 2.15. The molecule has 1 aliphatic heterocycles. The van der Waals surface area contributed by atoms with Crippen LogP contribution in [0.4, 0.5) is 5.69 Å². The SMILES string of the molecule is O=[N+]([O-])c1cccnc1[S@@](=O)C[C@H]1CCCN1. The Labute approximate surface area is 101 Å². The van der Waals surface area contributed by atoms with Crippen LogP contribution in [0.3, 0.4) is 0 Å². The molecule has 2 heterocycles. The molecule has 2 atom stereocenters. The Morgan fingerprint density at radius 1 is 1.65 bits per heavy atom. The summed E-state index contributed by atoms with van der Waals surface area (Å²) in [4.78, 5) is 14.1. The second-order valence-electron chi connectivity index (χ2n) is 3.89. The standard InChI is InChI=1S/C10H13N3O3S/c14-13(15)9-4-2-6-12-10(9)17(16)7-8-3-1-5-11-8/h2,4,6,8,11H,1,3,5,7H2/t8-,17+/m1/s1. The summed E-state index contributed by atoms with van der Waals surface area (Å²) < 4.78 is 12.0. The number of hydrogen-bond acceptors (Lipinski definition) is 5. The summed E-state index contributed by atoms with van der Waals surface area (Å²) >= 11 is 0. The van der Waals surface area contributed by atoms with Crippen molar-refractivity contribution in [1.82, 2.24) is 10.3 Å². The van der Waals surface area contributed by atoms with Crippen LogP contribution in [0.15, 0.2) is 23.4 Å². The number of nitro groups is 1. The molecule has 1 N–H and O–H groups in total. The van der Waals surface area contributed by atoms with E-state index in [1.165, 1.54) is 18.3 Å². The lowest BCUT2D eigenvalue weighted by Crippen LogP contribution is -2.28. The lowest BCUT2D eigenvalue weighted by molar-refractivity contribution is -0.388. The minimum absolute atomic E-state index is 0.0752. The van der Waals surface area contributed by atoms with Crippen LogP contribution in [0.25, 0.3) is 0 Å². The van der Waals surface area contributed by atoms with Gasteiger partial charge in [0.15, 0.2) is 0 Å². The quantitative estimate of drug-likeness (QED) is 0.636. The van der Waals surface area contributed by atoms with E-state index < -0.39 is 15.7 Å². The predicted octanol–water partition coefficient (Wildman–Crippen LogP) is 0.849. The van der Waals surface area contributed by atoms with Crippen molar-refractivity contribution in [2.45, 2.75) is 23.9 Å². The van der Waals surface area contributed by atoms with E-state index in [4.69, 9.17) is 0 Å². The van der Waals surface area contributed by atoms with Crippen LogP contribution in [0, 0.1) is 10.1 Å². The van der Waals surface area contributed by atoms with Crippen LogP contribution in [0.5, 0.6) is 0 Å². The van der Waals surface area contributed by atoms with E-state index in [2.05, 4.69) is 10.3 Å². The number of pyridine rings is 1. The summed E-state index contributed by atoms with van der Waals surface area (Å²) in [5.41, 5.74) is -0.163. The van der Waals surface area contributed by atoms with Crippen molar-refractivity contribution in [2.24, 2.45) is 0 Å². The molecule has 0 amide bonds. The lowest BCUT2D eigenvalue weighted by Gasteiger charge is -2.08. The molecule has 0 spiro atoms. The van der Waals surface area contributed by atoms with Gasteiger partial charge in [-0.05, 0) is 25.5 Å². The van der Waals surface area contributed by atoms with E-state index in [1.807, 2.05) is 0 Å². The summed E-state index contributed by atoms with van der Waals surface area (Å²) in [5, 5.41) is 14.1. The Bertz CT molecular complexity index is 446. The topological polar surface area (TPSA) is 85.1 Å². The summed E-state index contributed by atoms with van der Waals surface area (Å²) in [5.74, 6) is 0.387. The minimum Gasteiger partial charge on any atom is -0.313 e. The zero-order valence-corrected chi connectivity index (χ0v) is 9.98. The molecule has 1 aromatic rings. The van der Waals surface area contributed by atoms with E-state index in [0.29, 0.717) is 5.75 Å². The maximum atomic E-state index is 12.0. The van der Waals surface area contributed by atoms with Crippen LogP contribution in [-0.4, -0.2) is 32.5 Å². The second-order valence-corrected chi connectivity index (χ2v) is 5.30. The Kier molecular flexibility index (Phi) is 3.80. The Hall–Kier alpha value is -1.34. The normalized spacial score (nSPS) is 21.3. The lowest BCUT2D eigenvalue weighted by atomic mass is 10.3. The van der Waals surface area contributed by atoms with Crippen molar-refractivity contribution in [3.05, 3.63) is 28.4 Å². The smallest absolute Gasteiger partial charge is 0.303 e. The summed E-state index contributed by atoms with van der Waals surface area (Å²) in [6.45, 7) is 0.923. The average molecular weight is 255 g/mol. The van der Waals surface area contributed by atoms with Gasteiger partial charge in [0, 0.05) is 24.1 Å². The summed E-state index contributed by atoms with van der Waals surface area (Å²) in [7, 11) is -1.42. The van der Waals surface area contributed by atoms with E-state index in [-0.39, 0.29) is 16.8 Å². The maximum Gasteiger partial charge on any atom is 0.303 e. The molecule has 1 aliphatic rings. The molecule has 0 aromatic carbocycles. The highest BCUT2D eigenvalue weighted by Gasteiger charge is 2.24. The first-order valence-electron chi connectivity index (χ1n) is 5.39. The average Bonchev–Trinajstić information content (AvgIpc) is 2.81. The van der Waals surface area contributed by atoms with Crippen LogP contribution in [0.1, 0.15) is 12.8 Å². The van der Waals surface area contributed by atoms with Crippen molar-refractivity contribution in [2.75, 3.05) is 12.3 Å². The van der Waals surface area contributed by atoms with Crippen LogP contribution in [-0.2, 0) is 10.8 Å². The Morgan fingerprint density at radius 3 is 3.12 bits per heavy atom. The highest BCUT2D eigenvalue weighted by Crippen LogP contribution is 2.20. The fourth-order valence-corrected chi connectivity index (χ4v) is 3.22. The first-order valence-corrected chi connectivity index (χ1v) is 6.71. The molecule has 0 saturated carbocycles. The molecule has 1 fully saturated rings. The third-order valence-corrected chi connectivity index (χ3v) is 4.13. The predicted molar refractivity (Wildman–Crippen MR) is 63.2 cm³/mol. The number of nitrogens with one attached hydrogen (secondary N) is 1. The van der Waals surface area contributed by atoms with Gasteiger partial charge >= 0.3 is 5.69 Å². The van der Waals surface area contributed by atoms with E-state index in [9.17, 15) is 14.3 Å². The van der Waals surface area contributed by atoms with Crippen LogP contribution in [0.2, 0.25) is 0 Å². The molecule has 0 aliphatic carbocycles. The maximum absolute atomic E-state index is 12.0.